The third-order valence-corrected chi connectivity index (χ3v) is 12.1. The molecule has 2 aliphatic heterocycles. The predicted molar refractivity (Wildman–Crippen MR) is 254 cm³/mol. The Balaban J connectivity index is 0.000000237. The molecular weight excluding hydrogens is 935 g/mol. The second-order valence-electron chi connectivity index (χ2n) is 20.2. The summed E-state index contributed by atoms with van der Waals surface area (Å²) in [5.41, 5.74) is -4.70. The van der Waals surface area contributed by atoms with Crippen LogP contribution in [-0.4, -0.2) is 86.8 Å². The highest BCUT2D eigenvalue weighted by Gasteiger charge is 2.57. The summed E-state index contributed by atoms with van der Waals surface area (Å²) in [7, 11) is 0. The van der Waals surface area contributed by atoms with Gasteiger partial charge in [0.1, 0.15) is 5.60 Å². The van der Waals surface area contributed by atoms with Gasteiger partial charge in [-0.3, -0.25) is 15.3 Å². The van der Waals surface area contributed by atoms with Crippen LogP contribution >= 0.6 is 0 Å². The van der Waals surface area contributed by atoms with Crippen molar-refractivity contribution in [1.29, 1.82) is 0 Å². The van der Waals surface area contributed by atoms with Crippen LogP contribution in [-0.2, 0) is 40.9 Å². The van der Waals surface area contributed by atoms with Crippen molar-refractivity contribution >= 4 is 22.7 Å². The van der Waals surface area contributed by atoms with Gasteiger partial charge in [0.2, 0.25) is 0 Å². The van der Waals surface area contributed by atoms with Gasteiger partial charge in [-0.05, 0) is 86.6 Å². The number of fused-ring (bicyclic) bond motifs is 1. The Morgan fingerprint density at radius 3 is 1.73 bits per heavy atom. The zero-order chi connectivity index (χ0) is 51.9. The van der Waals surface area contributed by atoms with Gasteiger partial charge in [-0.15, -0.1) is 0 Å². The van der Waals surface area contributed by atoms with Crippen LogP contribution in [0.3, 0.4) is 0 Å². The molecule has 1 amide bonds. The summed E-state index contributed by atoms with van der Waals surface area (Å²) in [6.45, 7) is 14.0. The maximum Gasteiger partial charge on any atom is 0.418 e. The number of amides is 1. The number of aromatic nitrogens is 3. The fourth-order valence-corrected chi connectivity index (χ4v) is 8.51. The summed E-state index contributed by atoms with van der Waals surface area (Å²) < 4.78 is 113. The Hall–Kier alpha value is -5.55. The van der Waals surface area contributed by atoms with Gasteiger partial charge in [-0.2, -0.15) is 26.3 Å². The first-order valence-electron chi connectivity index (χ1n) is 23.3. The van der Waals surface area contributed by atoms with Crippen LogP contribution in [0.4, 0.5) is 36.8 Å². The van der Waals surface area contributed by atoms with Crippen molar-refractivity contribution in [1.82, 2.24) is 15.0 Å². The molecule has 0 saturated carbocycles. The number of nitrogens with one attached hydrogen (secondary N) is 2. The van der Waals surface area contributed by atoms with E-state index < -0.39 is 84.3 Å². The molecule has 2 saturated heterocycles. The maximum atomic E-state index is 14.2. The van der Waals surface area contributed by atoms with Crippen LogP contribution in [0.15, 0.2) is 91.5 Å². The van der Waals surface area contributed by atoms with Crippen LogP contribution in [0.25, 0.3) is 10.9 Å². The zero-order valence-corrected chi connectivity index (χ0v) is 40.9. The second-order valence-corrected chi connectivity index (χ2v) is 20.2. The Labute approximate surface area is 409 Å². The summed E-state index contributed by atoms with van der Waals surface area (Å²) >= 11 is 0. The highest BCUT2D eigenvalue weighted by atomic mass is 19.4. The average molecular weight is 997 g/mol. The van der Waals surface area contributed by atoms with Crippen molar-refractivity contribution in [2.45, 2.75) is 140 Å². The van der Waals surface area contributed by atoms with E-state index in [0.29, 0.717) is 54.3 Å². The molecule has 71 heavy (non-hydrogen) atoms. The molecule has 2 aromatic carbocycles. The molecule has 384 valence electrons. The van der Waals surface area contributed by atoms with Gasteiger partial charge in [-0.1, -0.05) is 88.1 Å². The zero-order valence-electron chi connectivity index (χ0n) is 40.9. The van der Waals surface area contributed by atoms with E-state index in [1.165, 1.54) is 18.5 Å². The van der Waals surface area contributed by atoms with E-state index in [1.54, 1.807) is 115 Å². The van der Waals surface area contributed by atoms with E-state index in [1.807, 2.05) is 6.07 Å². The molecule has 5 aromatic rings. The lowest BCUT2D eigenvalue weighted by molar-refractivity contribution is -0.266. The number of hydrogen-bond acceptors (Lipinski definition) is 10. The first-order valence-corrected chi connectivity index (χ1v) is 23.3. The summed E-state index contributed by atoms with van der Waals surface area (Å²) in [5, 5.41) is 25.1. The molecule has 2 atom stereocenters. The topological polar surface area (TPSA) is 157 Å². The molecule has 2 aliphatic rings. The monoisotopic (exact) mass is 996 g/mol. The number of pyridine rings is 2. The molecule has 4 N–H and O–H groups in total. The fraction of sp³-hybridized carbons (Fsp3) is 0.491. The molecule has 5 heterocycles. The molecular formula is C53H62F6N4O8. The summed E-state index contributed by atoms with van der Waals surface area (Å²) in [6.07, 6.45) is -6.77. The van der Waals surface area contributed by atoms with Crippen LogP contribution in [0, 0.1) is 11.8 Å². The summed E-state index contributed by atoms with van der Waals surface area (Å²) in [6, 6.07) is 19.0. The third-order valence-electron chi connectivity index (χ3n) is 12.1. The molecule has 3 aromatic heterocycles. The van der Waals surface area contributed by atoms with Gasteiger partial charge in [0.05, 0.1) is 55.6 Å². The van der Waals surface area contributed by atoms with Gasteiger partial charge in [-0.25, -0.2) is 4.79 Å². The van der Waals surface area contributed by atoms with E-state index in [4.69, 9.17) is 23.7 Å². The number of ether oxygens (including phenoxy) is 5. The Morgan fingerprint density at radius 1 is 0.718 bits per heavy atom. The van der Waals surface area contributed by atoms with Crippen molar-refractivity contribution in [3.63, 3.8) is 0 Å². The number of carbonyl (C=O) groups excluding carboxylic acids is 1. The van der Waals surface area contributed by atoms with E-state index in [-0.39, 0.29) is 11.3 Å². The van der Waals surface area contributed by atoms with Crippen molar-refractivity contribution in [3.05, 3.63) is 125 Å². The van der Waals surface area contributed by atoms with Gasteiger partial charge in [0.15, 0.2) is 23.8 Å². The maximum absolute atomic E-state index is 14.2. The largest absolute Gasteiger partial charge is 0.444 e. The van der Waals surface area contributed by atoms with Crippen LogP contribution in [0.5, 0.6) is 0 Å². The number of benzene rings is 2. The third kappa shape index (κ3) is 14.5. The van der Waals surface area contributed by atoms with Crippen LogP contribution in [0.2, 0.25) is 0 Å². The lowest BCUT2D eigenvalue weighted by atomic mass is 9.73. The molecule has 0 aliphatic carbocycles. The number of rotatable bonds is 12. The summed E-state index contributed by atoms with van der Waals surface area (Å²) in [4.78, 5) is 23.0. The minimum absolute atomic E-state index is 0.180. The van der Waals surface area contributed by atoms with E-state index in [0.717, 1.165) is 23.8 Å². The predicted octanol–water partition coefficient (Wildman–Crippen LogP) is 11.5. The van der Waals surface area contributed by atoms with Crippen molar-refractivity contribution in [2.75, 3.05) is 31.7 Å². The number of nitrogens with zero attached hydrogens (tertiary/aromatic N) is 2. The molecule has 0 radical (unpaired) electrons. The molecule has 12 nitrogen and oxygen atoms in total. The van der Waals surface area contributed by atoms with E-state index in [2.05, 4.69) is 32.1 Å². The number of anilines is 1. The molecule has 18 heteroatoms. The first-order chi connectivity index (χ1) is 33.2. The SMILES string of the molecule is CC(C)(C)OC(=O)Nc1cnccc1C#CCC(O)(CC(C)(C)c1cccc(C2OCCCO2)c1)C(F)(F)F.CC(C)(CC(O)(Cc1cc2ccncc2[nH]1)C(F)(F)F)c1cccc(C2OCCCO2)c1. The van der Waals surface area contributed by atoms with Gasteiger partial charge in [0, 0.05) is 47.4 Å². The van der Waals surface area contributed by atoms with E-state index in [9.17, 15) is 41.4 Å². The molecule has 2 fully saturated rings. The number of H-pyrrole nitrogens is 1. The Kier molecular flexibility index (Phi) is 17.0. The number of alkyl halides is 6. The minimum atomic E-state index is -4.94. The lowest BCUT2D eigenvalue weighted by Crippen LogP contribution is -2.50. The van der Waals surface area contributed by atoms with Crippen LogP contribution < -0.4 is 5.32 Å². The smallest absolute Gasteiger partial charge is 0.418 e. The highest BCUT2D eigenvalue weighted by molar-refractivity contribution is 5.86. The van der Waals surface area contributed by atoms with Crippen molar-refractivity contribution < 1.29 is 65.0 Å². The molecule has 0 spiro atoms. The number of hydrogen-bond donors (Lipinski definition) is 4. The molecule has 2 unspecified atom stereocenters. The van der Waals surface area contributed by atoms with Gasteiger partial charge < -0.3 is 38.9 Å². The Bertz CT molecular complexity index is 2610. The Morgan fingerprint density at radius 2 is 1.23 bits per heavy atom. The first kappa shape index (κ1) is 54.8. The average Bonchev–Trinajstić information content (AvgIpc) is 3.71. The standard InChI is InChI=1S/C29H35F3N2O5.C24H27F3N2O3/c1-26(2,3)39-25(35)34-23-18-33-14-12-20(23)10-7-13-28(36,29(30,31)32)19-27(4,5)22-11-6-9-21(17-22)24-37-15-8-16-38-24;1-22(2,18-6-3-5-17(11-18)21-31-9-4-10-32-21)15-23(30,24(25,26)27)13-19-12-16-7-8-28-14-20(16)29-19/h6,9,11-12,14,17-18,24,36H,8,13,15-16,19H2,1-5H3,(H,34,35);3,5-8,11-12,14,21,29-30H,4,9-10,13,15H2,1-2H3. The van der Waals surface area contributed by atoms with E-state index >= 15 is 0 Å². The second kappa shape index (κ2) is 22.1. The number of aliphatic hydroxyl groups is 2. The number of carbonyl (C=O) groups is 1. The van der Waals surface area contributed by atoms with Crippen molar-refractivity contribution in [2.24, 2.45) is 0 Å². The summed E-state index contributed by atoms with van der Waals surface area (Å²) in [5.74, 6) is 5.10. The molecule has 0 bridgehead atoms. The lowest BCUT2D eigenvalue weighted by Gasteiger charge is -2.38. The van der Waals surface area contributed by atoms with Gasteiger partial charge in [0.25, 0.3) is 0 Å². The van der Waals surface area contributed by atoms with Crippen LogP contribution in [0.1, 0.15) is 127 Å². The number of halogens is 6. The fourth-order valence-electron chi connectivity index (χ4n) is 8.51. The highest BCUT2D eigenvalue weighted by Crippen LogP contribution is 2.45. The van der Waals surface area contributed by atoms with Crippen molar-refractivity contribution in [3.8, 4) is 11.8 Å². The van der Waals surface area contributed by atoms with Gasteiger partial charge >= 0.3 is 18.4 Å². The molecule has 7 rings (SSSR count). The number of aromatic amines is 1. The minimum Gasteiger partial charge on any atom is -0.444 e. The quantitative estimate of drug-likeness (QED) is 0.0701. The normalized spacial score (nSPS) is 17.2.